The smallest absolute Gasteiger partial charge is 0.267 e. The molecule has 0 aromatic carbocycles. The number of aromatic nitrogens is 2. The number of amides is 1. The van der Waals surface area contributed by atoms with E-state index in [1.165, 1.54) is 4.68 Å². The second-order valence-corrected chi connectivity index (χ2v) is 4.60. The SMILES string of the molecule is CCN(CC)C(=O)Cn1nc2c(cc1=O)CNCC2. The van der Waals surface area contributed by atoms with Crippen LogP contribution in [0.25, 0.3) is 0 Å². The van der Waals surface area contributed by atoms with Crippen molar-refractivity contribution in [1.82, 2.24) is 20.0 Å². The lowest BCUT2D eigenvalue weighted by Crippen LogP contribution is -2.38. The molecule has 1 aliphatic rings. The first kappa shape index (κ1) is 13.7. The summed E-state index contributed by atoms with van der Waals surface area (Å²) in [7, 11) is 0. The summed E-state index contributed by atoms with van der Waals surface area (Å²) in [5, 5.41) is 7.52. The van der Waals surface area contributed by atoms with Crippen LogP contribution in [-0.4, -0.2) is 40.2 Å². The van der Waals surface area contributed by atoms with Crippen molar-refractivity contribution in [3.63, 3.8) is 0 Å². The molecule has 1 aliphatic heterocycles. The summed E-state index contributed by atoms with van der Waals surface area (Å²) in [6.07, 6.45) is 0.801. The number of rotatable bonds is 4. The van der Waals surface area contributed by atoms with Crippen molar-refractivity contribution in [2.24, 2.45) is 0 Å². The largest absolute Gasteiger partial charge is 0.342 e. The van der Waals surface area contributed by atoms with Crippen molar-refractivity contribution in [1.29, 1.82) is 0 Å². The van der Waals surface area contributed by atoms with E-state index in [0.717, 1.165) is 24.2 Å². The first-order valence-electron chi connectivity index (χ1n) is 6.74. The molecular formula is C13H20N4O2. The molecule has 6 nitrogen and oxygen atoms in total. The molecule has 0 unspecified atom stereocenters. The van der Waals surface area contributed by atoms with Gasteiger partial charge < -0.3 is 10.2 Å². The zero-order valence-electron chi connectivity index (χ0n) is 11.5. The maximum Gasteiger partial charge on any atom is 0.267 e. The van der Waals surface area contributed by atoms with Gasteiger partial charge >= 0.3 is 0 Å². The molecule has 1 aromatic rings. The summed E-state index contributed by atoms with van der Waals surface area (Å²) in [6, 6.07) is 1.59. The first-order chi connectivity index (χ1) is 9.15. The van der Waals surface area contributed by atoms with Crippen LogP contribution < -0.4 is 10.9 Å². The summed E-state index contributed by atoms with van der Waals surface area (Å²) >= 11 is 0. The third-order valence-corrected chi connectivity index (χ3v) is 3.42. The van der Waals surface area contributed by atoms with Gasteiger partial charge in [0.2, 0.25) is 5.91 Å². The van der Waals surface area contributed by atoms with Crippen LogP contribution in [0.1, 0.15) is 25.1 Å². The molecule has 0 aliphatic carbocycles. The quantitative estimate of drug-likeness (QED) is 0.815. The van der Waals surface area contributed by atoms with Crippen LogP contribution in [0.5, 0.6) is 0 Å². The third-order valence-electron chi connectivity index (χ3n) is 3.42. The predicted molar refractivity (Wildman–Crippen MR) is 71.8 cm³/mol. The molecule has 0 spiro atoms. The molecule has 0 saturated carbocycles. The Bertz CT molecular complexity index is 520. The maximum atomic E-state index is 12.0. The Hall–Kier alpha value is -1.69. The highest BCUT2D eigenvalue weighted by molar-refractivity contribution is 5.75. The number of fused-ring (bicyclic) bond motifs is 1. The Morgan fingerprint density at radius 2 is 2.21 bits per heavy atom. The zero-order chi connectivity index (χ0) is 13.8. The van der Waals surface area contributed by atoms with Gasteiger partial charge in [0.05, 0.1) is 5.69 Å². The molecule has 2 heterocycles. The third kappa shape index (κ3) is 3.01. The Morgan fingerprint density at radius 3 is 2.89 bits per heavy atom. The molecule has 19 heavy (non-hydrogen) atoms. The number of nitrogens with zero attached hydrogens (tertiary/aromatic N) is 3. The second kappa shape index (κ2) is 5.97. The summed E-state index contributed by atoms with van der Waals surface area (Å²) in [4.78, 5) is 25.6. The number of carbonyl (C=O) groups excluding carboxylic acids is 1. The Kier molecular flexibility index (Phi) is 4.31. The lowest BCUT2D eigenvalue weighted by atomic mass is 10.1. The maximum absolute atomic E-state index is 12.0. The van der Waals surface area contributed by atoms with Crippen LogP contribution >= 0.6 is 0 Å². The van der Waals surface area contributed by atoms with E-state index < -0.39 is 0 Å². The molecule has 2 rings (SSSR count). The van der Waals surface area contributed by atoms with Gasteiger partial charge in [0, 0.05) is 38.7 Å². The van der Waals surface area contributed by atoms with Gasteiger partial charge in [-0.1, -0.05) is 0 Å². The van der Waals surface area contributed by atoms with Crippen molar-refractivity contribution in [2.75, 3.05) is 19.6 Å². The van der Waals surface area contributed by atoms with Crippen LogP contribution in [-0.2, 0) is 24.3 Å². The average Bonchev–Trinajstić information content (AvgIpc) is 2.41. The summed E-state index contributed by atoms with van der Waals surface area (Å²) in [5.41, 5.74) is 1.66. The van der Waals surface area contributed by atoms with Gasteiger partial charge in [-0.25, -0.2) is 4.68 Å². The van der Waals surface area contributed by atoms with Crippen molar-refractivity contribution in [3.8, 4) is 0 Å². The van der Waals surface area contributed by atoms with E-state index in [4.69, 9.17) is 0 Å². The van der Waals surface area contributed by atoms with Crippen molar-refractivity contribution in [2.45, 2.75) is 33.4 Å². The van der Waals surface area contributed by atoms with Gasteiger partial charge in [-0.2, -0.15) is 5.10 Å². The summed E-state index contributed by atoms with van der Waals surface area (Å²) in [6.45, 7) is 6.73. The standard InChI is InChI=1S/C13H20N4O2/c1-3-16(4-2)13(19)9-17-12(18)7-10-8-14-6-5-11(10)15-17/h7,14H,3-6,8-9H2,1-2H3. The van der Waals surface area contributed by atoms with E-state index in [2.05, 4.69) is 10.4 Å². The second-order valence-electron chi connectivity index (χ2n) is 4.60. The molecular weight excluding hydrogens is 244 g/mol. The van der Waals surface area contributed by atoms with Crippen LogP contribution in [0.4, 0.5) is 0 Å². The zero-order valence-corrected chi connectivity index (χ0v) is 11.5. The molecule has 1 N–H and O–H groups in total. The van der Waals surface area contributed by atoms with Gasteiger partial charge in [-0.15, -0.1) is 0 Å². The van der Waals surface area contributed by atoms with Crippen molar-refractivity contribution in [3.05, 3.63) is 27.7 Å². The molecule has 0 fully saturated rings. The monoisotopic (exact) mass is 264 g/mol. The first-order valence-corrected chi connectivity index (χ1v) is 6.74. The molecule has 0 bridgehead atoms. The number of nitrogens with one attached hydrogen (secondary N) is 1. The van der Waals surface area contributed by atoms with Crippen LogP contribution in [0.2, 0.25) is 0 Å². The van der Waals surface area contributed by atoms with E-state index in [1.807, 2.05) is 13.8 Å². The summed E-state index contributed by atoms with van der Waals surface area (Å²) in [5.74, 6) is -0.0616. The molecule has 6 heteroatoms. The van der Waals surface area contributed by atoms with E-state index in [9.17, 15) is 9.59 Å². The fourth-order valence-electron chi connectivity index (χ4n) is 2.28. The van der Waals surface area contributed by atoms with Crippen LogP contribution in [0.3, 0.4) is 0 Å². The van der Waals surface area contributed by atoms with Crippen molar-refractivity contribution >= 4 is 5.91 Å². The van der Waals surface area contributed by atoms with E-state index >= 15 is 0 Å². The molecule has 1 amide bonds. The highest BCUT2D eigenvalue weighted by atomic mass is 16.2. The Labute approximate surface area is 112 Å². The van der Waals surface area contributed by atoms with Crippen LogP contribution in [0.15, 0.2) is 10.9 Å². The summed E-state index contributed by atoms with van der Waals surface area (Å²) < 4.78 is 1.28. The molecule has 1 aromatic heterocycles. The topological polar surface area (TPSA) is 67.2 Å². The molecule has 0 radical (unpaired) electrons. The Balaban J connectivity index is 2.21. The molecule has 0 atom stereocenters. The predicted octanol–water partition coefficient (Wildman–Crippen LogP) is -0.243. The van der Waals surface area contributed by atoms with E-state index in [0.29, 0.717) is 19.6 Å². The average molecular weight is 264 g/mol. The molecule has 104 valence electrons. The number of hydrogen-bond acceptors (Lipinski definition) is 4. The van der Waals surface area contributed by atoms with Gasteiger partial charge in [0.15, 0.2) is 0 Å². The van der Waals surface area contributed by atoms with E-state index in [1.54, 1.807) is 11.0 Å². The van der Waals surface area contributed by atoms with Gasteiger partial charge in [0.25, 0.3) is 5.56 Å². The minimum absolute atomic E-state index is 0.0290. The highest BCUT2D eigenvalue weighted by Gasteiger charge is 2.16. The Morgan fingerprint density at radius 1 is 1.47 bits per heavy atom. The van der Waals surface area contributed by atoms with Gasteiger partial charge in [-0.3, -0.25) is 9.59 Å². The lowest BCUT2D eigenvalue weighted by Gasteiger charge is -2.20. The fourth-order valence-corrected chi connectivity index (χ4v) is 2.28. The fraction of sp³-hybridized carbons (Fsp3) is 0.615. The minimum Gasteiger partial charge on any atom is -0.342 e. The lowest BCUT2D eigenvalue weighted by molar-refractivity contribution is -0.131. The van der Waals surface area contributed by atoms with Gasteiger partial charge in [0.1, 0.15) is 6.54 Å². The highest BCUT2D eigenvalue weighted by Crippen LogP contribution is 2.07. The minimum atomic E-state index is -0.206. The number of carbonyl (C=O) groups is 1. The normalized spacial score (nSPS) is 14.0. The molecule has 0 saturated heterocycles. The van der Waals surface area contributed by atoms with Crippen molar-refractivity contribution < 1.29 is 4.79 Å². The number of hydrogen-bond donors (Lipinski definition) is 1. The number of likely N-dealkylation sites (N-methyl/N-ethyl adjacent to an activating group) is 1. The van der Waals surface area contributed by atoms with Gasteiger partial charge in [-0.05, 0) is 19.4 Å². The van der Waals surface area contributed by atoms with Crippen LogP contribution in [0, 0.1) is 0 Å². The van der Waals surface area contributed by atoms with E-state index in [-0.39, 0.29) is 18.0 Å².